The topological polar surface area (TPSA) is 0 Å². The summed E-state index contributed by atoms with van der Waals surface area (Å²) < 4.78 is 0.288. The highest BCUT2D eigenvalue weighted by molar-refractivity contribution is 14.1. The number of rotatable bonds is 0. The third-order valence-electron chi connectivity index (χ3n) is 1.29. The van der Waals surface area contributed by atoms with E-state index >= 15 is 0 Å². The number of halogens is 2. The van der Waals surface area contributed by atoms with E-state index in [1.54, 1.807) is 0 Å². The van der Waals surface area contributed by atoms with Crippen LogP contribution in [0.2, 0.25) is 0 Å². The molecule has 0 aromatic heterocycles. The van der Waals surface area contributed by atoms with E-state index in [9.17, 15) is 0 Å². The summed E-state index contributed by atoms with van der Waals surface area (Å²) in [7, 11) is 0. The van der Waals surface area contributed by atoms with Crippen LogP contribution in [0.1, 0.15) is 13.3 Å². The molecule has 0 aromatic carbocycles. The van der Waals surface area contributed by atoms with Gasteiger partial charge < -0.3 is 0 Å². The fourth-order valence-electron chi connectivity index (χ4n) is 0.687. The summed E-state index contributed by atoms with van der Waals surface area (Å²) in [5.74, 6) is 0. The number of hydrogen-bond donors (Lipinski definition) is 0. The molecular formula is C7H8ClI. The Balaban J connectivity index is 2.70. The molecule has 0 nitrogen and oxygen atoms in total. The second kappa shape index (κ2) is 2.62. The fraction of sp³-hybridized carbons (Fsp3) is 0.429. The summed E-state index contributed by atoms with van der Waals surface area (Å²) in [4.78, 5) is 0. The Kier molecular flexibility index (Phi) is 2.22. The van der Waals surface area contributed by atoms with Gasteiger partial charge >= 0.3 is 0 Å². The van der Waals surface area contributed by atoms with E-state index in [-0.39, 0.29) is 3.42 Å². The van der Waals surface area contributed by atoms with Gasteiger partial charge in [0, 0.05) is 8.45 Å². The van der Waals surface area contributed by atoms with Crippen molar-refractivity contribution in [1.82, 2.24) is 0 Å². The maximum absolute atomic E-state index is 5.71. The Labute approximate surface area is 74.1 Å². The van der Waals surface area contributed by atoms with E-state index < -0.39 is 0 Å². The highest BCUT2D eigenvalue weighted by atomic mass is 127. The zero-order valence-electron chi connectivity index (χ0n) is 5.20. The first-order valence-electron chi connectivity index (χ1n) is 2.84. The van der Waals surface area contributed by atoms with Crippen LogP contribution in [0, 0.1) is 0 Å². The SMILES string of the molecule is CC1(I)C=CC(Cl)=CC1. The Morgan fingerprint density at radius 1 is 1.78 bits per heavy atom. The van der Waals surface area contributed by atoms with E-state index in [0.717, 1.165) is 11.5 Å². The summed E-state index contributed by atoms with van der Waals surface area (Å²) in [5, 5.41) is 0.865. The lowest BCUT2D eigenvalue weighted by atomic mass is 10.0. The van der Waals surface area contributed by atoms with Gasteiger partial charge in [-0.15, -0.1) is 0 Å². The van der Waals surface area contributed by atoms with Crippen molar-refractivity contribution < 1.29 is 0 Å². The van der Waals surface area contributed by atoms with Gasteiger partial charge in [-0.3, -0.25) is 0 Å². The van der Waals surface area contributed by atoms with Crippen LogP contribution in [-0.4, -0.2) is 3.42 Å². The molecule has 0 bridgehead atoms. The summed E-state index contributed by atoms with van der Waals surface area (Å²) in [6.45, 7) is 2.18. The molecule has 1 aliphatic carbocycles. The Morgan fingerprint density at radius 2 is 2.44 bits per heavy atom. The third-order valence-corrected chi connectivity index (χ3v) is 2.37. The van der Waals surface area contributed by atoms with E-state index in [1.165, 1.54) is 0 Å². The first-order chi connectivity index (χ1) is 4.10. The molecule has 0 spiro atoms. The zero-order valence-corrected chi connectivity index (χ0v) is 8.11. The number of allylic oxidation sites excluding steroid dienone is 4. The van der Waals surface area contributed by atoms with Crippen LogP contribution in [0.25, 0.3) is 0 Å². The molecule has 1 rings (SSSR count). The Bertz CT molecular complexity index is 168. The molecule has 0 aliphatic heterocycles. The average molecular weight is 254 g/mol. The summed E-state index contributed by atoms with van der Waals surface area (Å²) in [6, 6.07) is 0. The first-order valence-corrected chi connectivity index (χ1v) is 4.30. The molecule has 0 saturated heterocycles. The maximum atomic E-state index is 5.71. The fourth-order valence-corrected chi connectivity index (χ4v) is 1.23. The van der Waals surface area contributed by atoms with Crippen LogP contribution < -0.4 is 0 Å². The Morgan fingerprint density at radius 3 is 2.78 bits per heavy atom. The second-order valence-electron chi connectivity index (χ2n) is 2.40. The van der Waals surface area contributed by atoms with Gasteiger partial charge in [0.05, 0.1) is 0 Å². The van der Waals surface area contributed by atoms with Crippen molar-refractivity contribution in [2.24, 2.45) is 0 Å². The minimum absolute atomic E-state index is 0.288. The molecule has 0 saturated carbocycles. The molecule has 0 fully saturated rings. The quantitative estimate of drug-likeness (QED) is 0.460. The third kappa shape index (κ3) is 2.30. The van der Waals surface area contributed by atoms with Crippen molar-refractivity contribution in [3.8, 4) is 0 Å². The number of hydrogen-bond acceptors (Lipinski definition) is 0. The zero-order chi connectivity index (χ0) is 6.91. The first kappa shape index (κ1) is 7.61. The highest BCUT2D eigenvalue weighted by Gasteiger charge is 2.16. The van der Waals surface area contributed by atoms with Gasteiger partial charge in [-0.25, -0.2) is 0 Å². The van der Waals surface area contributed by atoms with Crippen molar-refractivity contribution in [3.63, 3.8) is 0 Å². The predicted molar refractivity (Wildman–Crippen MR) is 50.1 cm³/mol. The second-order valence-corrected chi connectivity index (χ2v) is 5.31. The van der Waals surface area contributed by atoms with Crippen LogP contribution in [0.3, 0.4) is 0 Å². The summed E-state index contributed by atoms with van der Waals surface area (Å²) in [5.41, 5.74) is 0. The van der Waals surface area contributed by atoms with Crippen molar-refractivity contribution in [2.75, 3.05) is 0 Å². The molecule has 1 unspecified atom stereocenters. The predicted octanol–water partition coefficient (Wildman–Crippen LogP) is 3.26. The molecule has 0 aromatic rings. The van der Waals surface area contributed by atoms with Gasteiger partial charge in [-0.05, 0) is 19.4 Å². The molecule has 9 heavy (non-hydrogen) atoms. The lowest BCUT2D eigenvalue weighted by Gasteiger charge is -2.18. The van der Waals surface area contributed by atoms with Crippen LogP contribution >= 0.6 is 34.2 Å². The average Bonchev–Trinajstić information content (AvgIpc) is 1.78. The Hall–Kier alpha value is 0.500. The minimum Gasteiger partial charge on any atom is -0.0847 e. The van der Waals surface area contributed by atoms with Crippen LogP contribution in [0.15, 0.2) is 23.3 Å². The van der Waals surface area contributed by atoms with E-state index in [4.69, 9.17) is 11.6 Å². The van der Waals surface area contributed by atoms with Gasteiger partial charge in [-0.2, -0.15) is 0 Å². The van der Waals surface area contributed by atoms with E-state index in [0.29, 0.717) is 0 Å². The lowest BCUT2D eigenvalue weighted by Crippen LogP contribution is -2.11. The van der Waals surface area contributed by atoms with Crippen LogP contribution in [0.4, 0.5) is 0 Å². The largest absolute Gasteiger partial charge is 0.0847 e. The highest BCUT2D eigenvalue weighted by Crippen LogP contribution is 2.30. The molecular weight excluding hydrogens is 246 g/mol. The molecule has 50 valence electrons. The van der Waals surface area contributed by atoms with Crippen LogP contribution in [0.5, 0.6) is 0 Å². The van der Waals surface area contributed by atoms with E-state index in [1.807, 2.05) is 12.2 Å². The summed E-state index contributed by atoms with van der Waals surface area (Å²) >= 11 is 8.13. The smallest absolute Gasteiger partial charge is 0.0411 e. The van der Waals surface area contributed by atoms with Crippen LogP contribution in [-0.2, 0) is 0 Å². The molecule has 0 N–H and O–H groups in total. The minimum atomic E-state index is 0.288. The van der Waals surface area contributed by atoms with Gasteiger partial charge in [0.15, 0.2) is 0 Å². The summed E-state index contributed by atoms with van der Waals surface area (Å²) in [6.07, 6.45) is 7.18. The lowest BCUT2D eigenvalue weighted by molar-refractivity contribution is 0.834. The molecule has 0 radical (unpaired) electrons. The molecule has 1 atom stereocenters. The van der Waals surface area contributed by atoms with Gasteiger partial charge in [0.2, 0.25) is 0 Å². The standard InChI is InChI=1S/C7H8ClI/c1-7(9)4-2-6(8)3-5-7/h2-4H,5H2,1H3. The molecule has 2 heteroatoms. The molecule has 0 heterocycles. The van der Waals surface area contributed by atoms with Crippen molar-refractivity contribution >= 4 is 34.2 Å². The van der Waals surface area contributed by atoms with Crippen molar-refractivity contribution in [3.05, 3.63) is 23.3 Å². The van der Waals surface area contributed by atoms with Gasteiger partial charge in [0.25, 0.3) is 0 Å². The van der Waals surface area contributed by atoms with E-state index in [2.05, 4.69) is 35.6 Å². The van der Waals surface area contributed by atoms with Gasteiger partial charge in [0.1, 0.15) is 0 Å². The number of alkyl halides is 1. The van der Waals surface area contributed by atoms with Crippen molar-refractivity contribution in [2.45, 2.75) is 16.8 Å². The molecule has 0 amide bonds. The van der Waals surface area contributed by atoms with Crippen molar-refractivity contribution in [1.29, 1.82) is 0 Å². The maximum Gasteiger partial charge on any atom is 0.0411 e. The monoisotopic (exact) mass is 254 g/mol. The van der Waals surface area contributed by atoms with Gasteiger partial charge in [-0.1, -0.05) is 46.3 Å². The normalized spacial score (nSPS) is 34.3. The molecule has 1 aliphatic rings.